The van der Waals surface area contributed by atoms with Crippen molar-refractivity contribution in [1.82, 2.24) is 24.8 Å². The molecule has 1 fully saturated rings. The van der Waals surface area contributed by atoms with Gasteiger partial charge >= 0.3 is 6.03 Å². The van der Waals surface area contributed by atoms with E-state index in [0.717, 1.165) is 37.0 Å². The molecule has 232 valence electrons. The van der Waals surface area contributed by atoms with Crippen LogP contribution < -0.4 is 20.1 Å². The highest BCUT2D eigenvalue weighted by Gasteiger charge is 2.23. The molecule has 0 unspecified atom stereocenters. The van der Waals surface area contributed by atoms with Gasteiger partial charge < -0.3 is 29.7 Å². The number of aromatic nitrogens is 3. The number of carbonyl (C=O) groups is 2. The van der Waals surface area contributed by atoms with E-state index >= 15 is 0 Å². The Morgan fingerprint density at radius 1 is 1.02 bits per heavy atom. The molecule has 4 heterocycles. The normalized spacial score (nSPS) is 14.1. The summed E-state index contributed by atoms with van der Waals surface area (Å²) in [4.78, 5) is 36.8. The lowest BCUT2D eigenvalue weighted by Gasteiger charge is -2.34. The van der Waals surface area contributed by atoms with Gasteiger partial charge in [0.2, 0.25) is 0 Å². The molecule has 2 N–H and O–H groups in total. The fourth-order valence-corrected chi connectivity index (χ4v) is 5.34. The lowest BCUT2D eigenvalue weighted by Crippen LogP contribution is -2.38. The highest BCUT2D eigenvalue weighted by Crippen LogP contribution is 2.37. The van der Waals surface area contributed by atoms with E-state index in [1.54, 1.807) is 43.8 Å². The smallest absolute Gasteiger partial charge is 0.325 e. The van der Waals surface area contributed by atoms with Crippen LogP contribution in [0.15, 0.2) is 61.1 Å². The van der Waals surface area contributed by atoms with Gasteiger partial charge in [-0.1, -0.05) is 0 Å². The van der Waals surface area contributed by atoms with Gasteiger partial charge in [-0.3, -0.25) is 14.3 Å². The zero-order chi connectivity index (χ0) is 31.1. The van der Waals surface area contributed by atoms with Gasteiger partial charge in [0.05, 0.1) is 17.7 Å². The number of hydrogen-bond acceptors (Lipinski definition) is 8. The molecular weight excluding hydrogens is 560 g/mol. The summed E-state index contributed by atoms with van der Waals surface area (Å²) in [5, 5.41) is 6.27. The number of rotatable bonds is 11. The molecule has 11 heteroatoms. The first-order valence-corrected chi connectivity index (χ1v) is 15.1. The average molecular weight is 601 g/mol. The third-order valence-corrected chi connectivity index (χ3v) is 7.81. The molecule has 0 aliphatic carbocycles. The molecule has 0 bridgehead atoms. The Morgan fingerprint density at radius 2 is 1.84 bits per heavy atom. The van der Waals surface area contributed by atoms with Gasteiger partial charge in [0.25, 0.3) is 5.91 Å². The number of pyridine rings is 2. The Labute approximate surface area is 257 Å². The Morgan fingerprint density at radius 3 is 2.55 bits per heavy atom. The number of ether oxygens (including phenoxy) is 3. The number of likely N-dealkylation sites (tertiary alicyclic amines) is 1. The third kappa shape index (κ3) is 7.35. The van der Waals surface area contributed by atoms with Crippen LogP contribution in [0.25, 0.3) is 10.9 Å². The van der Waals surface area contributed by atoms with Crippen molar-refractivity contribution in [3.8, 4) is 17.2 Å². The predicted octanol–water partition coefficient (Wildman–Crippen LogP) is 5.67. The van der Waals surface area contributed by atoms with Gasteiger partial charge in [0.1, 0.15) is 18.2 Å². The van der Waals surface area contributed by atoms with Crippen LogP contribution in [-0.4, -0.2) is 77.4 Å². The first kappa shape index (κ1) is 31.0. The maximum Gasteiger partial charge on any atom is 0.325 e. The Balaban J connectivity index is 1.28. The summed E-state index contributed by atoms with van der Waals surface area (Å²) in [6, 6.07) is 12.8. The SMILES string of the molecule is CCOCCOc1cc2c(ccn2C(=O)NC)cc1Oc1ccnc(NC(=O)c2ccc(C3CCN(C(C)C)CC3)nc2)c1. The molecule has 44 heavy (non-hydrogen) atoms. The first-order chi connectivity index (χ1) is 21.4. The van der Waals surface area contributed by atoms with Crippen LogP contribution in [0, 0.1) is 0 Å². The summed E-state index contributed by atoms with van der Waals surface area (Å²) in [5.41, 5.74) is 2.16. The van der Waals surface area contributed by atoms with E-state index in [2.05, 4.69) is 39.3 Å². The minimum Gasteiger partial charge on any atom is -0.487 e. The van der Waals surface area contributed by atoms with Crippen LogP contribution in [0.5, 0.6) is 17.2 Å². The summed E-state index contributed by atoms with van der Waals surface area (Å²) >= 11 is 0. The largest absolute Gasteiger partial charge is 0.487 e. The van der Waals surface area contributed by atoms with E-state index in [9.17, 15) is 9.59 Å². The molecule has 1 aliphatic heterocycles. The molecule has 0 radical (unpaired) electrons. The van der Waals surface area contributed by atoms with E-state index in [1.165, 1.54) is 4.57 Å². The first-order valence-electron chi connectivity index (χ1n) is 15.1. The molecule has 0 atom stereocenters. The van der Waals surface area contributed by atoms with Crippen LogP contribution >= 0.6 is 0 Å². The summed E-state index contributed by atoms with van der Waals surface area (Å²) < 4.78 is 19.1. The van der Waals surface area contributed by atoms with Crippen LogP contribution in [0.1, 0.15) is 55.6 Å². The van der Waals surface area contributed by atoms with E-state index in [-0.39, 0.29) is 11.9 Å². The molecular formula is C33H40N6O5. The minimum absolute atomic E-state index is 0.264. The van der Waals surface area contributed by atoms with E-state index < -0.39 is 0 Å². The summed E-state index contributed by atoms with van der Waals surface area (Å²) in [6.45, 7) is 9.79. The number of nitrogens with zero attached hydrogens (tertiary/aromatic N) is 4. The number of amides is 2. The van der Waals surface area contributed by atoms with Gasteiger partial charge in [0.15, 0.2) is 11.5 Å². The maximum atomic E-state index is 13.0. The molecule has 5 rings (SSSR count). The van der Waals surface area contributed by atoms with E-state index in [4.69, 9.17) is 14.2 Å². The molecule has 2 amide bonds. The van der Waals surface area contributed by atoms with Crippen LogP contribution in [0.3, 0.4) is 0 Å². The third-order valence-electron chi connectivity index (χ3n) is 7.81. The number of fused-ring (bicyclic) bond motifs is 1. The van der Waals surface area contributed by atoms with Crippen molar-refractivity contribution in [3.63, 3.8) is 0 Å². The fourth-order valence-electron chi connectivity index (χ4n) is 5.34. The number of carbonyl (C=O) groups excluding carboxylic acids is 2. The molecule has 1 aliphatic rings. The quantitative estimate of drug-likeness (QED) is 0.212. The maximum absolute atomic E-state index is 13.0. The second-order valence-corrected chi connectivity index (χ2v) is 11.0. The number of piperidine rings is 1. The Hall–Kier alpha value is -4.48. The second-order valence-electron chi connectivity index (χ2n) is 11.0. The second kappa shape index (κ2) is 14.3. The molecule has 4 aromatic rings. The molecule has 1 aromatic carbocycles. The molecule has 0 saturated carbocycles. The number of nitrogens with one attached hydrogen (secondary N) is 2. The summed E-state index contributed by atoms with van der Waals surface area (Å²) in [7, 11) is 1.58. The van der Waals surface area contributed by atoms with Crippen molar-refractivity contribution in [1.29, 1.82) is 0 Å². The molecule has 11 nitrogen and oxygen atoms in total. The van der Waals surface area contributed by atoms with Gasteiger partial charge in [-0.15, -0.1) is 0 Å². The monoisotopic (exact) mass is 600 g/mol. The standard InChI is InChI=1S/C33H40N6O5/c1-5-42-16-17-43-29-20-28-24(11-15-39(28)33(41)34-4)18-30(29)44-26-8-12-35-31(19-26)37-32(40)25-6-7-27(36-21-25)23-9-13-38(14-10-23)22(2)3/h6-8,11-12,15,18-23H,5,9-10,13-14,16-17H2,1-4H3,(H,34,41)(H,35,37,40). The van der Waals surface area contributed by atoms with Crippen molar-refractivity contribution in [3.05, 3.63) is 72.3 Å². The van der Waals surface area contributed by atoms with E-state index in [0.29, 0.717) is 65.9 Å². The van der Waals surface area contributed by atoms with Crippen molar-refractivity contribution >= 4 is 28.7 Å². The zero-order valence-corrected chi connectivity index (χ0v) is 25.7. The number of anilines is 1. The van der Waals surface area contributed by atoms with Crippen molar-refractivity contribution in [2.75, 3.05) is 45.3 Å². The van der Waals surface area contributed by atoms with Crippen LogP contribution in [0.4, 0.5) is 10.6 Å². The average Bonchev–Trinajstić information content (AvgIpc) is 3.45. The van der Waals surface area contributed by atoms with Crippen molar-refractivity contribution in [2.45, 2.75) is 45.6 Å². The zero-order valence-electron chi connectivity index (χ0n) is 25.7. The highest BCUT2D eigenvalue weighted by molar-refractivity contribution is 6.03. The van der Waals surface area contributed by atoms with Crippen LogP contribution in [0.2, 0.25) is 0 Å². The summed E-state index contributed by atoms with van der Waals surface area (Å²) in [5.74, 6) is 1.79. The minimum atomic E-state index is -0.305. The summed E-state index contributed by atoms with van der Waals surface area (Å²) in [6.07, 6.45) is 7.02. The predicted molar refractivity (Wildman–Crippen MR) is 169 cm³/mol. The molecule has 0 spiro atoms. The Bertz CT molecular complexity index is 1580. The van der Waals surface area contributed by atoms with E-state index in [1.807, 2.05) is 31.2 Å². The Kier molecular flexibility index (Phi) is 10.1. The van der Waals surface area contributed by atoms with Crippen molar-refractivity contribution < 1.29 is 23.8 Å². The topological polar surface area (TPSA) is 120 Å². The van der Waals surface area contributed by atoms with Gasteiger partial charge in [-0.05, 0) is 77.0 Å². The van der Waals surface area contributed by atoms with Crippen molar-refractivity contribution in [2.24, 2.45) is 0 Å². The number of benzene rings is 1. The highest BCUT2D eigenvalue weighted by atomic mass is 16.5. The van der Waals surface area contributed by atoms with Gasteiger partial charge in [-0.25, -0.2) is 9.78 Å². The van der Waals surface area contributed by atoms with Gasteiger partial charge in [0, 0.05) is 67.4 Å². The molecule has 3 aromatic heterocycles. The fraction of sp³-hybridized carbons (Fsp3) is 0.394. The van der Waals surface area contributed by atoms with Crippen LogP contribution in [-0.2, 0) is 4.74 Å². The lowest BCUT2D eigenvalue weighted by atomic mass is 9.92. The lowest BCUT2D eigenvalue weighted by molar-refractivity contribution is 0.102. The van der Waals surface area contributed by atoms with Gasteiger partial charge in [-0.2, -0.15) is 0 Å². The molecule has 1 saturated heterocycles. The number of hydrogen-bond donors (Lipinski definition) is 2.